The second-order valence-electron chi connectivity index (χ2n) is 7.27. The van der Waals surface area contributed by atoms with E-state index < -0.39 is 24.6 Å². The van der Waals surface area contributed by atoms with E-state index in [1.54, 1.807) is 12.3 Å². The maximum Gasteiger partial charge on any atom is 0.412 e. The van der Waals surface area contributed by atoms with Crippen LogP contribution in [-0.2, 0) is 0 Å². The zero-order valence-corrected chi connectivity index (χ0v) is 17.3. The first-order valence-electron chi connectivity index (χ1n) is 10.0. The molecule has 3 aromatic heterocycles. The second-order valence-corrected chi connectivity index (χ2v) is 7.27. The zero-order valence-electron chi connectivity index (χ0n) is 17.3. The highest BCUT2D eigenvalue weighted by molar-refractivity contribution is 5.73. The lowest BCUT2D eigenvalue weighted by Gasteiger charge is -2.26. The normalized spacial score (nSPS) is 16.9. The van der Waals surface area contributed by atoms with Crippen molar-refractivity contribution in [1.29, 1.82) is 0 Å². The van der Waals surface area contributed by atoms with Gasteiger partial charge in [0, 0.05) is 24.8 Å². The number of carbonyl (C=O) groups is 1. The number of ether oxygens (including phenoxy) is 2. The highest BCUT2D eigenvalue weighted by Gasteiger charge is 2.31. The third-order valence-corrected chi connectivity index (χ3v) is 5.16. The maximum absolute atomic E-state index is 13.9. The fraction of sp³-hybridized carbons (Fsp3) is 0.400. The minimum absolute atomic E-state index is 0.128. The van der Waals surface area contributed by atoms with Gasteiger partial charge in [-0.3, -0.25) is 0 Å². The number of aromatic nitrogens is 4. The molecular formula is C20H23FN6O5. The number of pyridine rings is 1. The van der Waals surface area contributed by atoms with Crippen LogP contribution in [0.25, 0.3) is 5.65 Å². The molecule has 0 bridgehead atoms. The Bertz CT molecular complexity index is 1110. The molecule has 12 heteroatoms. The van der Waals surface area contributed by atoms with Crippen LogP contribution in [0.3, 0.4) is 0 Å². The molecule has 11 nitrogen and oxygen atoms in total. The number of nitrogens with one attached hydrogen (secondary N) is 1. The number of carbonyl (C=O) groups excluding carboxylic acids is 1. The number of amides is 1. The molecule has 0 aromatic carbocycles. The Labute approximate surface area is 182 Å². The summed E-state index contributed by atoms with van der Waals surface area (Å²) in [5, 5.41) is 24.7. The standard InChI is InChI=1S/C20H23FN6O5/c1-31-19-14(7-12(21)8-22-19)15-3-2-5-26(15)17-4-6-27-18(25-17)16(10-24-27)32-20(30)23-9-13(29)11-28/h4,6-8,10,13,15,28-29H,2-3,5,9,11H2,1H3,(H,23,30)/t13-,15+/m0/s1. The predicted octanol–water partition coefficient (Wildman–Crippen LogP) is 1.06. The maximum atomic E-state index is 13.9. The van der Waals surface area contributed by atoms with Crippen molar-refractivity contribution in [1.82, 2.24) is 24.9 Å². The van der Waals surface area contributed by atoms with Crippen LogP contribution in [0.1, 0.15) is 24.4 Å². The lowest BCUT2D eigenvalue weighted by molar-refractivity contribution is 0.0937. The molecule has 1 fully saturated rings. The lowest BCUT2D eigenvalue weighted by atomic mass is 10.1. The Morgan fingerprint density at radius 3 is 3.06 bits per heavy atom. The number of hydrogen-bond donors (Lipinski definition) is 3. The molecular weight excluding hydrogens is 423 g/mol. The summed E-state index contributed by atoms with van der Waals surface area (Å²) in [4.78, 5) is 22.7. The fourth-order valence-corrected chi connectivity index (χ4v) is 3.69. The average molecular weight is 446 g/mol. The van der Waals surface area contributed by atoms with Crippen molar-refractivity contribution in [3.8, 4) is 11.6 Å². The number of rotatable bonds is 7. The van der Waals surface area contributed by atoms with Gasteiger partial charge in [0.15, 0.2) is 5.75 Å². The van der Waals surface area contributed by atoms with Gasteiger partial charge in [0.2, 0.25) is 11.5 Å². The van der Waals surface area contributed by atoms with Gasteiger partial charge in [0.1, 0.15) is 11.6 Å². The number of methoxy groups -OCH3 is 1. The van der Waals surface area contributed by atoms with E-state index in [9.17, 15) is 14.3 Å². The molecule has 1 aliphatic heterocycles. The smallest absolute Gasteiger partial charge is 0.412 e. The zero-order chi connectivity index (χ0) is 22.7. The first kappa shape index (κ1) is 21.7. The van der Waals surface area contributed by atoms with E-state index >= 15 is 0 Å². The average Bonchev–Trinajstić information content (AvgIpc) is 3.44. The van der Waals surface area contributed by atoms with E-state index in [1.807, 2.05) is 4.90 Å². The summed E-state index contributed by atoms with van der Waals surface area (Å²) in [6.07, 6.45) is 3.91. The third kappa shape index (κ3) is 4.41. The van der Waals surface area contributed by atoms with Crippen molar-refractivity contribution in [3.05, 3.63) is 42.1 Å². The largest absolute Gasteiger partial charge is 0.481 e. The number of nitrogens with zero attached hydrogens (tertiary/aromatic N) is 5. The first-order valence-corrected chi connectivity index (χ1v) is 10.0. The van der Waals surface area contributed by atoms with E-state index in [2.05, 4.69) is 20.4 Å². The molecule has 1 amide bonds. The minimum atomic E-state index is -1.09. The van der Waals surface area contributed by atoms with Crippen LogP contribution in [0.15, 0.2) is 30.7 Å². The van der Waals surface area contributed by atoms with Gasteiger partial charge in [-0.05, 0) is 25.0 Å². The van der Waals surface area contributed by atoms with Gasteiger partial charge in [-0.2, -0.15) is 5.10 Å². The molecule has 2 atom stereocenters. The van der Waals surface area contributed by atoms with Crippen molar-refractivity contribution in [3.63, 3.8) is 0 Å². The number of halogens is 1. The minimum Gasteiger partial charge on any atom is -0.481 e. The summed E-state index contributed by atoms with van der Waals surface area (Å²) < 4.78 is 25.9. The molecule has 4 heterocycles. The Balaban J connectivity index is 1.59. The molecule has 3 aromatic rings. The number of aliphatic hydroxyl groups excluding tert-OH is 2. The van der Waals surface area contributed by atoms with Crippen LogP contribution in [-0.4, -0.2) is 68.8 Å². The van der Waals surface area contributed by atoms with Crippen molar-refractivity contribution in [2.75, 3.05) is 31.7 Å². The summed E-state index contributed by atoms with van der Waals surface area (Å²) >= 11 is 0. The monoisotopic (exact) mass is 446 g/mol. The number of hydrogen-bond acceptors (Lipinski definition) is 9. The van der Waals surface area contributed by atoms with Crippen LogP contribution in [0, 0.1) is 5.82 Å². The van der Waals surface area contributed by atoms with E-state index in [1.165, 1.54) is 23.9 Å². The molecule has 1 aliphatic rings. The molecule has 4 rings (SSSR count). The van der Waals surface area contributed by atoms with Crippen LogP contribution in [0.2, 0.25) is 0 Å². The molecule has 1 saturated heterocycles. The highest BCUT2D eigenvalue weighted by atomic mass is 19.1. The Hall–Kier alpha value is -3.51. The SMILES string of the molecule is COc1ncc(F)cc1[C@H]1CCCN1c1ccn2ncc(OC(=O)NC[C@H](O)CO)c2n1. The van der Waals surface area contributed by atoms with Crippen molar-refractivity contribution in [2.45, 2.75) is 25.0 Å². The number of fused-ring (bicyclic) bond motifs is 1. The van der Waals surface area contributed by atoms with E-state index in [-0.39, 0.29) is 18.3 Å². The molecule has 170 valence electrons. The number of anilines is 1. The van der Waals surface area contributed by atoms with E-state index in [4.69, 9.17) is 14.6 Å². The molecule has 0 radical (unpaired) electrons. The van der Waals surface area contributed by atoms with Gasteiger partial charge < -0.3 is 29.9 Å². The van der Waals surface area contributed by atoms with Crippen molar-refractivity contribution < 1.29 is 28.9 Å². The van der Waals surface area contributed by atoms with Crippen LogP contribution < -0.4 is 19.7 Å². The summed E-state index contributed by atoms with van der Waals surface area (Å²) in [5.74, 6) is 0.649. The third-order valence-electron chi connectivity index (χ3n) is 5.16. The Kier molecular flexibility index (Phi) is 6.32. The molecule has 3 N–H and O–H groups in total. The van der Waals surface area contributed by atoms with Gasteiger partial charge in [-0.25, -0.2) is 23.7 Å². The van der Waals surface area contributed by atoms with E-state index in [0.29, 0.717) is 29.5 Å². The van der Waals surface area contributed by atoms with Crippen molar-refractivity contribution >= 4 is 17.6 Å². The fourth-order valence-electron chi connectivity index (χ4n) is 3.69. The molecule has 0 aliphatic carbocycles. The van der Waals surface area contributed by atoms with Crippen LogP contribution in [0.5, 0.6) is 11.6 Å². The topological polar surface area (TPSA) is 134 Å². The number of aliphatic hydroxyl groups is 2. The first-order chi connectivity index (χ1) is 15.5. The van der Waals surface area contributed by atoms with Gasteiger partial charge in [-0.15, -0.1) is 0 Å². The van der Waals surface area contributed by atoms with Gasteiger partial charge >= 0.3 is 6.09 Å². The summed E-state index contributed by atoms with van der Waals surface area (Å²) in [7, 11) is 1.49. The highest BCUT2D eigenvalue weighted by Crippen LogP contribution is 2.39. The quantitative estimate of drug-likeness (QED) is 0.487. The van der Waals surface area contributed by atoms with E-state index in [0.717, 1.165) is 19.0 Å². The molecule has 0 saturated carbocycles. The van der Waals surface area contributed by atoms with Crippen molar-refractivity contribution in [2.24, 2.45) is 0 Å². The van der Waals surface area contributed by atoms with Crippen LogP contribution >= 0.6 is 0 Å². The lowest BCUT2D eigenvalue weighted by Crippen LogP contribution is -2.35. The summed E-state index contributed by atoms with van der Waals surface area (Å²) in [5.41, 5.74) is 0.953. The Morgan fingerprint density at radius 1 is 1.44 bits per heavy atom. The van der Waals surface area contributed by atoms with Gasteiger partial charge in [0.25, 0.3) is 0 Å². The molecule has 0 spiro atoms. The molecule has 0 unspecified atom stereocenters. The van der Waals surface area contributed by atoms with Gasteiger partial charge in [-0.1, -0.05) is 0 Å². The van der Waals surface area contributed by atoms with Crippen LogP contribution in [0.4, 0.5) is 15.0 Å². The summed E-state index contributed by atoms with van der Waals surface area (Å²) in [6, 6.07) is 3.02. The second kappa shape index (κ2) is 9.32. The molecule has 32 heavy (non-hydrogen) atoms. The van der Waals surface area contributed by atoms with Gasteiger partial charge in [0.05, 0.1) is 38.3 Å². The Morgan fingerprint density at radius 2 is 2.28 bits per heavy atom. The summed E-state index contributed by atoms with van der Waals surface area (Å²) in [6.45, 7) is 0.0497. The predicted molar refractivity (Wildman–Crippen MR) is 110 cm³/mol.